The molecule has 1 amide bonds. The van der Waals surface area contributed by atoms with Crippen LogP contribution in [0.5, 0.6) is 0 Å². The molecule has 80 valence electrons. The minimum atomic E-state index is -0.391. The third-order valence-corrected chi connectivity index (χ3v) is 2.27. The highest BCUT2D eigenvalue weighted by molar-refractivity contribution is 5.93. The van der Waals surface area contributed by atoms with Gasteiger partial charge in [-0.2, -0.15) is 0 Å². The number of halogens is 1. The van der Waals surface area contributed by atoms with Crippen LogP contribution in [0.4, 0.5) is 4.39 Å². The van der Waals surface area contributed by atoms with Crippen LogP contribution in [-0.4, -0.2) is 24.1 Å². The van der Waals surface area contributed by atoms with Crippen molar-refractivity contribution in [3.05, 3.63) is 35.1 Å². The van der Waals surface area contributed by atoms with E-state index in [4.69, 9.17) is 4.84 Å². The van der Waals surface area contributed by atoms with E-state index in [1.165, 1.54) is 17.2 Å². The van der Waals surface area contributed by atoms with Gasteiger partial charge in [-0.3, -0.25) is 9.63 Å². The Bertz CT molecular complexity index is 366. The molecule has 0 atom stereocenters. The largest absolute Gasteiger partial charge is 0.277 e. The van der Waals surface area contributed by atoms with Crippen LogP contribution in [0, 0.1) is 12.7 Å². The van der Waals surface area contributed by atoms with Crippen molar-refractivity contribution >= 4 is 5.91 Å². The summed E-state index contributed by atoms with van der Waals surface area (Å²) in [6, 6.07) is 4.28. The molecular formula is C11H12FNO2. The van der Waals surface area contributed by atoms with Crippen LogP contribution in [0.15, 0.2) is 18.2 Å². The molecular weight excluding hydrogens is 197 g/mol. The number of carbonyl (C=O) groups is 1. The van der Waals surface area contributed by atoms with Crippen molar-refractivity contribution in [3.63, 3.8) is 0 Å². The summed E-state index contributed by atoms with van der Waals surface area (Å²) in [6.07, 6.45) is 0.833. The minimum Gasteiger partial charge on any atom is -0.271 e. The van der Waals surface area contributed by atoms with Crippen LogP contribution in [0.2, 0.25) is 0 Å². The van der Waals surface area contributed by atoms with Crippen molar-refractivity contribution in [2.24, 2.45) is 0 Å². The van der Waals surface area contributed by atoms with Gasteiger partial charge in [0.15, 0.2) is 0 Å². The lowest BCUT2D eigenvalue weighted by atomic mass is 10.1. The van der Waals surface area contributed by atoms with E-state index in [1.54, 1.807) is 13.0 Å². The maximum absolute atomic E-state index is 13.1. The summed E-state index contributed by atoms with van der Waals surface area (Å²) in [5, 5.41) is 1.29. The van der Waals surface area contributed by atoms with Crippen molar-refractivity contribution in [1.82, 2.24) is 5.06 Å². The molecule has 0 aromatic heterocycles. The molecule has 1 aromatic rings. The topological polar surface area (TPSA) is 29.5 Å². The van der Waals surface area contributed by atoms with E-state index in [2.05, 4.69) is 0 Å². The Morgan fingerprint density at radius 1 is 1.47 bits per heavy atom. The molecule has 0 radical (unpaired) electrons. The van der Waals surface area contributed by atoms with E-state index < -0.39 is 5.82 Å². The molecule has 0 bridgehead atoms. The molecule has 2 rings (SSSR count). The summed E-state index contributed by atoms with van der Waals surface area (Å²) in [4.78, 5) is 16.9. The van der Waals surface area contributed by atoms with Crippen molar-refractivity contribution in [1.29, 1.82) is 0 Å². The quantitative estimate of drug-likeness (QED) is 0.707. The smallest absolute Gasteiger partial charge is 0.271 e. The number of amides is 1. The summed E-state index contributed by atoms with van der Waals surface area (Å²) in [7, 11) is 0. The third kappa shape index (κ3) is 2.15. The van der Waals surface area contributed by atoms with Gasteiger partial charge in [0.1, 0.15) is 5.82 Å². The highest BCUT2D eigenvalue weighted by Crippen LogP contribution is 2.14. The third-order valence-electron chi connectivity index (χ3n) is 2.27. The Labute approximate surface area is 87.4 Å². The zero-order valence-corrected chi connectivity index (χ0v) is 8.50. The molecule has 1 fully saturated rings. The lowest BCUT2D eigenvalue weighted by molar-refractivity contribution is -0.0768. The molecule has 0 N–H and O–H groups in total. The van der Waals surface area contributed by atoms with Gasteiger partial charge < -0.3 is 0 Å². The Morgan fingerprint density at radius 2 is 2.27 bits per heavy atom. The summed E-state index contributed by atoms with van der Waals surface area (Å²) in [5.74, 6) is -0.660. The fourth-order valence-corrected chi connectivity index (χ4v) is 1.61. The molecule has 0 aliphatic carbocycles. The average molecular weight is 209 g/mol. The maximum Gasteiger partial charge on any atom is 0.277 e. The number of hydrogen-bond acceptors (Lipinski definition) is 2. The minimum absolute atomic E-state index is 0.268. The first kappa shape index (κ1) is 10.1. The summed E-state index contributed by atoms with van der Waals surface area (Å²) in [5.41, 5.74) is 1.08. The Balaban J connectivity index is 2.24. The number of benzene rings is 1. The van der Waals surface area contributed by atoms with Gasteiger partial charge in [-0.15, -0.1) is 0 Å². The molecule has 0 spiro atoms. The zero-order valence-electron chi connectivity index (χ0n) is 8.50. The molecule has 0 unspecified atom stereocenters. The van der Waals surface area contributed by atoms with Crippen LogP contribution >= 0.6 is 0 Å². The molecule has 1 aromatic carbocycles. The standard InChI is InChI=1S/C11H12FNO2/c1-8-5-9(7-10(12)6-8)11(14)13-3-2-4-15-13/h5-7H,2-4H2,1H3. The lowest BCUT2D eigenvalue weighted by Crippen LogP contribution is -2.26. The SMILES string of the molecule is Cc1cc(F)cc(C(=O)N2CCCO2)c1. The first-order valence-electron chi connectivity index (χ1n) is 4.89. The molecule has 1 aliphatic rings. The first-order valence-corrected chi connectivity index (χ1v) is 4.89. The number of aryl methyl sites for hydroxylation is 1. The highest BCUT2D eigenvalue weighted by Gasteiger charge is 2.21. The Morgan fingerprint density at radius 3 is 2.87 bits per heavy atom. The van der Waals surface area contributed by atoms with Gasteiger partial charge in [-0.05, 0) is 37.1 Å². The number of hydroxylamine groups is 2. The van der Waals surface area contributed by atoms with E-state index in [-0.39, 0.29) is 5.91 Å². The van der Waals surface area contributed by atoms with E-state index in [1.807, 2.05) is 0 Å². The van der Waals surface area contributed by atoms with Crippen molar-refractivity contribution in [2.45, 2.75) is 13.3 Å². The number of hydrogen-bond donors (Lipinski definition) is 0. The Hall–Kier alpha value is -1.42. The molecule has 3 nitrogen and oxygen atoms in total. The van der Waals surface area contributed by atoms with Gasteiger partial charge in [-0.1, -0.05) is 0 Å². The second-order valence-corrected chi connectivity index (χ2v) is 3.61. The van der Waals surface area contributed by atoms with Crippen LogP contribution in [-0.2, 0) is 4.84 Å². The maximum atomic E-state index is 13.1. The van der Waals surface area contributed by atoms with Gasteiger partial charge in [0.2, 0.25) is 0 Å². The normalized spacial score (nSPS) is 15.7. The fraction of sp³-hybridized carbons (Fsp3) is 0.364. The molecule has 0 saturated carbocycles. The monoisotopic (exact) mass is 209 g/mol. The summed E-state index contributed by atoms with van der Waals surface area (Å²) < 4.78 is 13.1. The van der Waals surface area contributed by atoms with Gasteiger partial charge in [0.25, 0.3) is 5.91 Å². The highest BCUT2D eigenvalue weighted by atomic mass is 19.1. The first-order chi connectivity index (χ1) is 7.16. The predicted octanol–water partition coefficient (Wildman–Crippen LogP) is 1.91. The molecule has 4 heteroatoms. The number of rotatable bonds is 1. The predicted molar refractivity (Wildman–Crippen MR) is 52.7 cm³/mol. The van der Waals surface area contributed by atoms with E-state index >= 15 is 0 Å². The van der Waals surface area contributed by atoms with E-state index in [0.29, 0.717) is 18.7 Å². The lowest BCUT2D eigenvalue weighted by Gasteiger charge is -2.13. The van der Waals surface area contributed by atoms with Gasteiger partial charge in [0, 0.05) is 5.56 Å². The van der Waals surface area contributed by atoms with Crippen LogP contribution < -0.4 is 0 Å². The van der Waals surface area contributed by atoms with E-state index in [0.717, 1.165) is 12.0 Å². The molecule has 15 heavy (non-hydrogen) atoms. The molecule has 1 saturated heterocycles. The summed E-state index contributed by atoms with van der Waals surface area (Å²) >= 11 is 0. The van der Waals surface area contributed by atoms with Gasteiger partial charge >= 0.3 is 0 Å². The number of carbonyl (C=O) groups excluding carboxylic acids is 1. The van der Waals surface area contributed by atoms with Crippen LogP contribution in [0.25, 0.3) is 0 Å². The van der Waals surface area contributed by atoms with E-state index in [9.17, 15) is 9.18 Å². The Kier molecular flexibility index (Phi) is 2.68. The van der Waals surface area contributed by atoms with Crippen molar-refractivity contribution < 1.29 is 14.0 Å². The molecule has 1 heterocycles. The van der Waals surface area contributed by atoms with Crippen molar-refractivity contribution in [3.8, 4) is 0 Å². The second-order valence-electron chi connectivity index (χ2n) is 3.61. The zero-order chi connectivity index (χ0) is 10.8. The van der Waals surface area contributed by atoms with Crippen molar-refractivity contribution in [2.75, 3.05) is 13.2 Å². The number of nitrogens with zero attached hydrogens (tertiary/aromatic N) is 1. The van der Waals surface area contributed by atoms with Crippen LogP contribution in [0.1, 0.15) is 22.3 Å². The second kappa shape index (κ2) is 3.98. The van der Waals surface area contributed by atoms with Crippen LogP contribution in [0.3, 0.4) is 0 Å². The molecule has 1 aliphatic heterocycles. The average Bonchev–Trinajstić information content (AvgIpc) is 2.67. The fourth-order valence-electron chi connectivity index (χ4n) is 1.61. The van der Waals surface area contributed by atoms with Gasteiger partial charge in [0.05, 0.1) is 13.2 Å². The van der Waals surface area contributed by atoms with Gasteiger partial charge in [-0.25, -0.2) is 9.45 Å². The summed E-state index contributed by atoms with van der Waals surface area (Å²) in [6.45, 7) is 2.89.